The first-order chi connectivity index (χ1) is 8.03. The largest absolute Gasteiger partial charge is 0.309 e. The van der Waals surface area contributed by atoms with Gasteiger partial charge < -0.3 is 5.32 Å². The lowest BCUT2D eigenvalue weighted by Gasteiger charge is -2.27. The summed E-state index contributed by atoms with van der Waals surface area (Å²) in [6.07, 6.45) is 7.19. The number of terminal acetylenes is 1. The standard InChI is InChI=1S/C16H23N/c1-5-6-12-17-15(13-16(2,3)4)14-10-8-7-9-11-14/h1,7-11,15,17H,6,12-13H2,2-4H3. The Kier molecular flexibility index (Phi) is 5.25. The third-order valence-electron chi connectivity index (χ3n) is 2.68. The highest BCUT2D eigenvalue weighted by molar-refractivity contribution is 5.19. The summed E-state index contributed by atoms with van der Waals surface area (Å²) in [4.78, 5) is 0. The Bertz CT molecular complexity index is 353. The fourth-order valence-corrected chi connectivity index (χ4v) is 1.92. The van der Waals surface area contributed by atoms with Crippen molar-refractivity contribution in [2.24, 2.45) is 5.41 Å². The van der Waals surface area contributed by atoms with Crippen molar-refractivity contribution in [3.8, 4) is 12.3 Å². The lowest BCUT2D eigenvalue weighted by molar-refractivity contribution is 0.313. The molecule has 0 saturated carbocycles. The summed E-state index contributed by atoms with van der Waals surface area (Å²) < 4.78 is 0. The van der Waals surface area contributed by atoms with E-state index in [9.17, 15) is 0 Å². The van der Waals surface area contributed by atoms with E-state index in [-0.39, 0.29) is 0 Å². The van der Waals surface area contributed by atoms with Crippen molar-refractivity contribution < 1.29 is 0 Å². The summed E-state index contributed by atoms with van der Waals surface area (Å²) in [5, 5.41) is 3.55. The molecule has 0 spiro atoms. The molecule has 0 heterocycles. The first kappa shape index (κ1) is 13.8. The highest BCUT2D eigenvalue weighted by Crippen LogP contribution is 2.29. The average Bonchev–Trinajstić information content (AvgIpc) is 2.28. The molecule has 0 amide bonds. The van der Waals surface area contributed by atoms with Crippen LogP contribution in [0.25, 0.3) is 0 Å². The van der Waals surface area contributed by atoms with Crippen molar-refractivity contribution >= 4 is 0 Å². The van der Waals surface area contributed by atoms with Gasteiger partial charge in [-0.25, -0.2) is 0 Å². The van der Waals surface area contributed by atoms with Crippen LogP contribution in [0.1, 0.15) is 45.2 Å². The van der Waals surface area contributed by atoms with Gasteiger partial charge in [0, 0.05) is 19.0 Å². The van der Waals surface area contributed by atoms with E-state index < -0.39 is 0 Å². The highest BCUT2D eigenvalue weighted by atomic mass is 14.9. The summed E-state index contributed by atoms with van der Waals surface area (Å²) in [7, 11) is 0. The van der Waals surface area contributed by atoms with E-state index in [2.05, 4.69) is 62.3 Å². The molecule has 1 aromatic carbocycles. The van der Waals surface area contributed by atoms with Crippen molar-refractivity contribution in [2.75, 3.05) is 6.54 Å². The minimum absolute atomic E-state index is 0.309. The summed E-state index contributed by atoms with van der Waals surface area (Å²) >= 11 is 0. The number of hydrogen-bond donors (Lipinski definition) is 1. The molecule has 1 atom stereocenters. The molecule has 1 nitrogen and oxygen atoms in total. The molecule has 0 aliphatic heterocycles. The van der Waals surface area contributed by atoms with Crippen LogP contribution in [0.15, 0.2) is 30.3 Å². The molecule has 1 unspecified atom stereocenters. The van der Waals surface area contributed by atoms with Gasteiger partial charge in [-0.1, -0.05) is 51.1 Å². The molecular formula is C16H23N. The van der Waals surface area contributed by atoms with Gasteiger partial charge in [0.2, 0.25) is 0 Å². The molecule has 0 aromatic heterocycles. The van der Waals surface area contributed by atoms with E-state index in [1.165, 1.54) is 5.56 Å². The molecule has 0 fully saturated rings. The Balaban J connectivity index is 2.69. The van der Waals surface area contributed by atoms with Crippen LogP contribution in [0.3, 0.4) is 0 Å². The van der Waals surface area contributed by atoms with Crippen LogP contribution in [0.4, 0.5) is 0 Å². The maximum atomic E-state index is 5.29. The fourth-order valence-electron chi connectivity index (χ4n) is 1.92. The Morgan fingerprint density at radius 1 is 1.24 bits per heavy atom. The van der Waals surface area contributed by atoms with Gasteiger partial charge in [0.1, 0.15) is 0 Å². The quantitative estimate of drug-likeness (QED) is 0.598. The van der Waals surface area contributed by atoms with Crippen molar-refractivity contribution in [3.63, 3.8) is 0 Å². The lowest BCUT2D eigenvalue weighted by Crippen LogP contribution is -2.26. The van der Waals surface area contributed by atoms with Gasteiger partial charge in [-0.3, -0.25) is 0 Å². The van der Waals surface area contributed by atoms with Crippen molar-refractivity contribution in [1.82, 2.24) is 5.32 Å². The molecule has 0 saturated heterocycles. The van der Waals surface area contributed by atoms with E-state index in [4.69, 9.17) is 6.42 Å². The van der Waals surface area contributed by atoms with Gasteiger partial charge in [0.25, 0.3) is 0 Å². The average molecular weight is 229 g/mol. The predicted octanol–water partition coefficient (Wildman–Crippen LogP) is 3.78. The highest BCUT2D eigenvalue weighted by Gasteiger charge is 2.19. The molecule has 92 valence electrons. The Hall–Kier alpha value is -1.26. The van der Waals surface area contributed by atoms with Gasteiger partial charge >= 0.3 is 0 Å². The monoisotopic (exact) mass is 229 g/mol. The number of rotatable bonds is 5. The maximum absolute atomic E-state index is 5.29. The third-order valence-corrected chi connectivity index (χ3v) is 2.68. The molecule has 1 aromatic rings. The molecule has 17 heavy (non-hydrogen) atoms. The van der Waals surface area contributed by atoms with Gasteiger partial charge in [-0.15, -0.1) is 12.3 Å². The van der Waals surface area contributed by atoms with Crippen LogP contribution < -0.4 is 5.32 Å². The van der Waals surface area contributed by atoms with Crippen molar-refractivity contribution in [1.29, 1.82) is 0 Å². The molecule has 1 rings (SSSR count). The smallest absolute Gasteiger partial charge is 0.0325 e. The first-order valence-electron chi connectivity index (χ1n) is 6.25. The molecule has 0 radical (unpaired) electrons. The van der Waals surface area contributed by atoms with E-state index in [1.807, 2.05) is 0 Å². The van der Waals surface area contributed by atoms with Crippen LogP contribution in [-0.4, -0.2) is 6.54 Å². The molecule has 1 N–H and O–H groups in total. The summed E-state index contributed by atoms with van der Waals surface area (Å²) in [6, 6.07) is 11.0. The number of benzene rings is 1. The Labute approximate surface area is 106 Å². The van der Waals surface area contributed by atoms with Crippen LogP contribution >= 0.6 is 0 Å². The SMILES string of the molecule is C#CCCNC(CC(C)(C)C)c1ccccc1. The van der Waals surface area contributed by atoms with Gasteiger partial charge in [-0.2, -0.15) is 0 Å². The second-order valence-corrected chi connectivity index (χ2v) is 5.64. The summed E-state index contributed by atoms with van der Waals surface area (Å²) in [5.74, 6) is 2.67. The minimum Gasteiger partial charge on any atom is -0.309 e. The minimum atomic E-state index is 0.309. The first-order valence-corrected chi connectivity index (χ1v) is 6.25. The number of nitrogens with one attached hydrogen (secondary N) is 1. The number of hydrogen-bond acceptors (Lipinski definition) is 1. The van der Waals surface area contributed by atoms with Gasteiger partial charge in [0.05, 0.1) is 0 Å². The summed E-state index contributed by atoms with van der Waals surface area (Å²) in [6.45, 7) is 7.69. The molecule has 0 aliphatic carbocycles. The van der Waals surface area contributed by atoms with Crippen LogP contribution in [0.2, 0.25) is 0 Å². The van der Waals surface area contributed by atoms with E-state index in [0.717, 1.165) is 19.4 Å². The molecule has 0 bridgehead atoms. The third kappa shape index (κ3) is 5.56. The van der Waals surface area contributed by atoms with E-state index in [0.29, 0.717) is 11.5 Å². The van der Waals surface area contributed by atoms with Gasteiger partial charge in [0.15, 0.2) is 0 Å². The maximum Gasteiger partial charge on any atom is 0.0325 e. The van der Waals surface area contributed by atoms with Crippen LogP contribution in [0, 0.1) is 17.8 Å². The second-order valence-electron chi connectivity index (χ2n) is 5.64. The Morgan fingerprint density at radius 3 is 2.41 bits per heavy atom. The Morgan fingerprint density at radius 2 is 1.88 bits per heavy atom. The molecule has 0 aliphatic rings. The van der Waals surface area contributed by atoms with Crippen LogP contribution in [0.5, 0.6) is 0 Å². The topological polar surface area (TPSA) is 12.0 Å². The van der Waals surface area contributed by atoms with Crippen molar-refractivity contribution in [3.05, 3.63) is 35.9 Å². The fraction of sp³-hybridized carbons (Fsp3) is 0.500. The molecule has 1 heteroatoms. The normalized spacial score (nSPS) is 13.1. The second kappa shape index (κ2) is 6.47. The lowest BCUT2D eigenvalue weighted by atomic mass is 9.85. The van der Waals surface area contributed by atoms with Gasteiger partial charge in [-0.05, 0) is 17.4 Å². The summed E-state index contributed by atoms with van der Waals surface area (Å²) in [5.41, 5.74) is 1.66. The molecular weight excluding hydrogens is 206 g/mol. The zero-order valence-corrected chi connectivity index (χ0v) is 11.2. The van der Waals surface area contributed by atoms with Crippen molar-refractivity contribution in [2.45, 2.75) is 39.7 Å². The van der Waals surface area contributed by atoms with Crippen LogP contribution in [-0.2, 0) is 0 Å². The zero-order valence-electron chi connectivity index (χ0n) is 11.2. The predicted molar refractivity (Wildman–Crippen MR) is 74.7 cm³/mol. The van der Waals surface area contributed by atoms with E-state index in [1.54, 1.807) is 0 Å². The zero-order chi connectivity index (χ0) is 12.7. The van der Waals surface area contributed by atoms with E-state index >= 15 is 0 Å².